The molecule has 5 rings (SSSR count). The Bertz CT molecular complexity index is 299. The van der Waals surface area contributed by atoms with Gasteiger partial charge in [-0.3, -0.25) is 0 Å². The summed E-state index contributed by atoms with van der Waals surface area (Å²) in [5.74, 6) is 4.40. The average Bonchev–Trinajstić information content (AvgIpc) is 2.87. The zero-order valence-electron chi connectivity index (χ0n) is 12.2. The summed E-state index contributed by atoms with van der Waals surface area (Å²) in [6, 6.07) is 0.492. The molecule has 0 heterocycles. The molecule has 0 radical (unpaired) electrons. The molecule has 5 saturated carbocycles. The van der Waals surface area contributed by atoms with Crippen molar-refractivity contribution in [2.45, 2.75) is 75.5 Å². The largest absolute Gasteiger partial charge is 0.326 e. The maximum absolute atomic E-state index is 6.73. The second-order valence-electron chi connectivity index (χ2n) is 8.13. The first-order chi connectivity index (χ1) is 9.23. The minimum atomic E-state index is 0.492. The standard InChI is InChI=1S/C17H29NS/c18-16(11-19-15-3-1-2-4-15)17-8-12-5-13(9-17)7-14(6-12)10-17/h12-16H,1-11,18H2. The molecule has 5 aliphatic carbocycles. The zero-order valence-corrected chi connectivity index (χ0v) is 13.0. The van der Waals surface area contributed by atoms with Gasteiger partial charge >= 0.3 is 0 Å². The maximum atomic E-state index is 6.73. The number of hydrogen-bond donors (Lipinski definition) is 1. The maximum Gasteiger partial charge on any atom is 0.0187 e. The molecule has 5 aliphatic rings. The van der Waals surface area contributed by atoms with Gasteiger partial charge in [0.05, 0.1) is 0 Å². The lowest BCUT2D eigenvalue weighted by Crippen LogP contribution is -2.55. The van der Waals surface area contributed by atoms with E-state index in [9.17, 15) is 0 Å². The van der Waals surface area contributed by atoms with Crippen LogP contribution in [0.1, 0.15) is 64.2 Å². The third-order valence-electron chi connectivity index (χ3n) is 6.69. The minimum Gasteiger partial charge on any atom is -0.326 e. The van der Waals surface area contributed by atoms with Crippen LogP contribution in [0.4, 0.5) is 0 Å². The van der Waals surface area contributed by atoms with E-state index < -0.39 is 0 Å². The first-order valence-electron chi connectivity index (χ1n) is 8.61. The predicted molar refractivity (Wildman–Crippen MR) is 83.3 cm³/mol. The smallest absolute Gasteiger partial charge is 0.0187 e. The van der Waals surface area contributed by atoms with Gasteiger partial charge in [-0.25, -0.2) is 0 Å². The third-order valence-corrected chi connectivity index (χ3v) is 8.18. The monoisotopic (exact) mass is 279 g/mol. The molecule has 0 aliphatic heterocycles. The van der Waals surface area contributed by atoms with Crippen LogP contribution in [0.5, 0.6) is 0 Å². The van der Waals surface area contributed by atoms with Gasteiger partial charge in [0.25, 0.3) is 0 Å². The molecule has 1 atom stereocenters. The summed E-state index contributed by atoms with van der Waals surface area (Å²) < 4.78 is 0. The molecule has 4 bridgehead atoms. The lowest BCUT2D eigenvalue weighted by atomic mass is 9.48. The minimum absolute atomic E-state index is 0.492. The van der Waals surface area contributed by atoms with Crippen LogP contribution in [0.2, 0.25) is 0 Å². The summed E-state index contributed by atoms with van der Waals surface area (Å²) in [7, 11) is 0. The van der Waals surface area contributed by atoms with Crippen molar-refractivity contribution in [1.29, 1.82) is 0 Å². The van der Waals surface area contributed by atoms with Crippen molar-refractivity contribution in [3.63, 3.8) is 0 Å². The van der Waals surface area contributed by atoms with Gasteiger partial charge in [-0.2, -0.15) is 11.8 Å². The Morgan fingerprint density at radius 2 is 1.47 bits per heavy atom. The molecule has 0 spiro atoms. The summed E-state index contributed by atoms with van der Waals surface area (Å²) in [6.45, 7) is 0. The summed E-state index contributed by atoms with van der Waals surface area (Å²) in [5, 5.41) is 0.944. The Balaban J connectivity index is 1.40. The Morgan fingerprint density at radius 1 is 0.947 bits per heavy atom. The summed E-state index contributed by atoms with van der Waals surface area (Å²) >= 11 is 2.22. The van der Waals surface area contributed by atoms with Gasteiger partial charge < -0.3 is 5.73 Å². The van der Waals surface area contributed by atoms with Crippen LogP contribution in [0.15, 0.2) is 0 Å². The van der Waals surface area contributed by atoms with E-state index in [1.807, 2.05) is 0 Å². The number of thioether (sulfide) groups is 1. The van der Waals surface area contributed by atoms with Crippen molar-refractivity contribution < 1.29 is 0 Å². The Labute approximate surface area is 122 Å². The molecular weight excluding hydrogens is 250 g/mol. The fourth-order valence-electron chi connectivity index (χ4n) is 6.10. The van der Waals surface area contributed by atoms with Crippen molar-refractivity contribution in [3.05, 3.63) is 0 Å². The van der Waals surface area contributed by atoms with E-state index >= 15 is 0 Å². The summed E-state index contributed by atoms with van der Waals surface area (Å²) in [6.07, 6.45) is 14.9. The van der Waals surface area contributed by atoms with Gasteiger partial charge in [-0.1, -0.05) is 12.8 Å². The predicted octanol–water partition coefficient (Wildman–Crippen LogP) is 4.21. The highest BCUT2D eigenvalue weighted by Gasteiger charge is 2.53. The Hall–Kier alpha value is 0.310. The second-order valence-corrected chi connectivity index (χ2v) is 9.46. The first-order valence-corrected chi connectivity index (χ1v) is 9.65. The van der Waals surface area contributed by atoms with E-state index in [1.165, 1.54) is 50.7 Å². The molecule has 5 fully saturated rings. The van der Waals surface area contributed by atoms with E-state index in [0.717, 1.165) is 23.0 Å². The normalized spacial score (nSPS) is 46.9. The molecule has 0 aromatic carbocycles. The van der Waals surface area contributed by atoms with Crippen LogP contribution >= 0.6 is 11.8 Å². The quantitative estimate of drug-likeness (QED) is 0.834. The molecule has 1 unspecified atom stereocenters. The molecule has 0 saturated heterocycles. The van der Waals surface area contributed by atoms with E-state index in [2.05, 4.69) is 11.8 Å². The highest BCUT2D eigenvalue weighted by Crippen LogP contribution is 2.61. The fraction of sp³-hybridized carbons (Fsp3) is 1.00. The SMILES string of the molecule is NC(CSC1CCCC1)C12CC3CC(CC(C3)C1)C2. The molecule has 1 nitrogen and oxygen atoms in total. The fourth-order valence-corrected chi connectivity index (χ4v) is 7.60. The highest BCUT2D eigenvalue weighted by atomic mass is 32.2. The summed E-state index contributed by atoms with van der Waals surface area (Å²) in [4.78, 5) is 0. The van der Waals surface area contributed by atoms with Crippen molar-refractivity contribution in [2.24, 2.45) is 28.9 Å². The Kier molecular flexibility index (Phi) is 3.38. The third kappa shape index (κ3) is 2.37. The first kappa shape index (κ1) is 13.0. The van der Waals surface area contributed by atoms with Crippen LogP contribution < -0.4 is 5.73 Å². The molecule has 108 valence electrons. The van der Waals surface area contributed by atoms with Crippen molar-refractivity contribution >= 4 is 11.8 Å². The van der Waals surface area contributed by atoms with Gasteiger partial charge in [-0.15, -0.1) is 0 Å². The molecule has 19 heavy (non-hydrogen) atoms. The molecule has 2 N–H and O–H groups in total. The van der Waals surface area contributed by atoms with Gasteiger partial charge in [0.1, 0.15) is 0 Å². The molecule has 0 aromatic heterocycles. The second kappa shape index (κ2) is 4.94. The summed E-state index contributed by atoms with van der Waals surface area (Å²) in [5.41, 5.74) is 7.30. The van der Waals surface area contributed by atoms with Crippen molar-refractivity contribution in [3.8, 4) is 0 Å². The van der Waals surface area contributed by atoms with Crippen molar-refractivity contribution in [2.75, 3.05) is 5.75 Å². The topological polar surface area (TPSA) is 26.0 Å². The Morgan fingerprint density at radius 3 is 2.00 bits per heavy atom. The molecule has 0 aromatic rings. The average molecular weight is 279 g/mol. The number of nitrogens with two attached hydrogens (primary N) is 1. The number of rotatable bonds is 4. The van der Waals surface area contributed by atoms with Crippen molar-refractivity contribution in [1.82, 2.24) is 0 Å². The van der Waals surface area contributed by atoms with Crippen LogP contribution in [-0.4, -0.2) is 17.0 Å². The molecule has 0 amide bonds. The van der Waals surface area contributed by atoms with Crippen LogP contribution in [0.3, 0.4) is 0 Å². The van der Waals surface area contributed by atoms with Gasteiger partial charge in [-0.05, 0) is 74.5 Å². The van der Waals surface area contributed by atoms with E-state index in [-0.39, 0.29) is 0 Å². The van der Waals surface area contributed by atoms with E-state index in [0.29, 0.717) is 11.5 Å². The lowest BCUT2D eigenvalue weighted by Gasteiger charge is -2.59. The van der Waals surface area contributed by atoms with E-state index in [1.54, 1.807) is 19.3 Å². The van der Waals surface area contributed by atoms with Gasteiger partial charge in [0.15, 0.2) is 0 Å². The molecule has 2 heteroatoms. The van der Waals surface area contributed by atoms with Gasteiger partial charge in [0, 0.05) is 17.0 Å². The highest BCUT2D eigenvalue weighted by molar-refractivity contribution is 7.99. The van der Waals surface area contributed by atoms with Crippen LogP contribution in [-0.2, 0) is 0 Å². The van der Waals surface area contributed by atoms with Crippen LogP contribution in [0, 0.1) is 23.2 Å². The van der Waals surface area contributed by atoms with E-state index in [4.69, 9.17) is 5.73 Å². The number of hydrogen-bond acceptors (Lipinski definition) is 2. The molecular formula is C17H29NS. The zero-order chi connectivity index (χ0) is 12.9. The lowest BCUT2D eigenvalue weighted by molar-refractivity contribution is -0.0629. The van der Waals surface area contributed by atoms with Crippen LogP contribution in [0.25, 0.3) is 0 Å². The van der Waals surface area contributed by atoms with Gasteiger partial charge in [0.2, 0.25) is 0 Å².